The second kappa shape index (κ2) is 11.7. The summed E-state index contributed by atoms with van der Waals surface area (Å²) in [6.45, 7) is 4.99. The van der Waals surface area contributed by atoms with Crippen LogP contribution in [0.25, 0.3) is 22.5 Å². The smallest absolute Gasteiger partial charge is 0.296 e. The molecule has 4 aromatic rings. The van der Waals surface area contributed by atoms with Crippen LogP contribution in [0, 0.1) is 5.92 Å². The first-order valence-corrected chi connectivity index (χ1v) is 13.8. The molecule has 3 aromatic heterocycles. The topological polar surface area (TPSA) is 94.3 Å². The Bertz CT molecular complexity index is 1340. The minimum atomic E-state index is 0.124. The molecule has 1 aromatic carbocycles. The summed E-state index contributed by atoms with van der Waals surface area (Å²) in [5.41, 5.74) is 5.35. The highest BCUT2D eigenvalue weighted by Gasteiger charge is 2.27. The summed E-state index contributed by atoms with van der Waals surface area (Å²) >= 11 is 0. The van der Waals surface area contributed by atoms with Crippen molar-refractivity contribution >= 4 is 0 Å². The van der Waals surface area contributed by atoms with Gasteiger partial charge in [0.1, 0.15) is 0 Å². The minimum absolute atomic E-state index is 0.124. The number of imidazole rings is 1. The first kappa shape index (κ1) is 25.1. The van der Waals surface area contributed by atoms with E-state index in [1.165, 1.54) is 25.7 Å². The van der Waals surface area contributed by atoms with Crippen molar-refractivity contribution in [3.05, 3.63) is 70.7 Å². The number of rotatable bonds is 9. The Kier molecular flexibility index (Phi) is 7.92. The van der Waals surface area contributed by atoms with Crippen molar-refractivity contribution in [3.63, 3.8) is 0 Å². The first-order chi connectivity index (χ1) is 18.2. The predicted molar refractivity (Wildman–Crippen MR) is 145 cm³/mol. The minimum Gasteiger partial charge on any atom is -0.296 e. The Balaban J connectivity index is 1.49. The number of aromatic nitrogens is 7. The molecule has 0 aliphatic heterocycles. The fourth-order valence-electron chi connectivity index (χ4n) is 5.81. The number of H-pyrrole nitrogens is 1. The molecule has 37 heavy (non-hydrogen) atoms. The number of unbranched alkanes of at least 4 members (excludes halogenated alkanes) is 1. The van der Waals surface area contributed by atoms with E-state index in [0.717, 1.165) is 60.1 Å². The van der Waals surface area contributed by atoms with E-state index < -0.39 is 0 Å². The summed E-state index contributed by atoms with van der Waals surface area (Å²) in [6.07, 6.45) is 16.2. The highest BCUT2D eigenvalue weighted by molar-refractivity contribution is 5.69. The van der Waals surface area contributed by atoms with Gasteiger partial charge in [-0.1, -0.05) is 70.2 Å². The Morgan fingerprint density at radius 3 is 2.59 bits per heavy atom. The van der Waals surface area contributed by atoms with E-state index in [0.29, 0.717) is 24.3 Å². The highest BCUT2D eigenvalue weighted by atomic mass is 16.1. The zero-order valence-corrected chi connectivity index (χ0v) is 21.9. The summed E-state index contributed by atoms with van der Waals surface area (Å²) in [4.78, 5) is 18.4. The van der Waals surface area contributed by atoms with Crippen LogP contribution < -0.4 is 5.69 Å². The van der Waals surface area contributed by atoms with Crippen molar-refractivity contribution in [2.24, 2.45) is 5.92 Å². The normalized spacial score (nSPS) is 18.1. The lowest BCUT2D eigenvalue weighted by Crippen LogP contribution is -2.31. The summed E-state index contributed by atoms with van der Waals surface area (Å²) in [5.74, 6) is 1.14. The lowest BCUT2D eigenvalue weighted by atomic mass is 9.92. The van der Waals surface area contributed by atoms with Crippen LogP contribution in [0.15, 0.2) is 53.7 Å². The van der Waals surface area contributed by atoms with Gasteiger partial charge in [-0.15, -0.1) is 10.2 Å². The third kappa shape index (κ3) is 5.43. The van der Waals surface area contributed by atoms with Gasteiger partial charge in [0.15, 0.2) is 0 Å². The number of tetrazole rings is 1. The van der Waals surface area contributed by atoms with E-state index in [-0.39, 0.29) is 5.69 Å². The second-order valence-corrected chi connectivity index (χ2v) is 10.2. The molecule has 0 amide bonds. The molecule has 8 heteroatoms. The van der Waals surface area contributed by atoms with Gasteiger partial charge >= 0.3 is 5.69 Å². The van der Waals surface area contributed by atoms with Gasteiger partial charge in [-0.2, -0.15) is 5.21 Å². The average molecular weight is 500 g/mol. The number of nitrogens with zero attached hydrogens (tertiary/aromatic N) is 6. The fraction of sp³-hybridized carbons (Fsp3) is 0.483. The molecule has 1 saturated carbocycles. The average Bonchev–Trinajstić information content (AvgIpc) is 3.50. The SMILES string of the molecule is CCCCc1cn(C2CCCCCC2CC)c(=O)n1Cc1cnccc1-c1ccc(-c2nn[nH]n2)cc1. The molecule has 0 bridgehead atoms. The molecule has 5 rings (SSSR count). The van der Waals surface area contributed by atoms with Crippen molar-refractivity contribution in [1.29, 1.82) is 0 Å². The molecule has 194 valence electrons. The lowest BCUT2D eigenvalue weighted by Gasteiger charge is -2.24. The van der Waals surface area contributed by atoms with Gasteiger partial charge in [0, 0.05) is 35.9 Å². The van der Waals surface area contributed by atoms with Crippen molar-refractivity contribution < 1.29 is 0 Å². The van der Waals surface area contributed by atoms with Crippen LogP contribution in [0.2, 0.25) is 0 Å². The molecule has 2 atom stereocenters. The largest absolute Gasteiger partial charge is 0.328 e. The molecule has 0 radical (unpaired) electrons. The van der Waals surface area contributed by atoms with Crippen LogP contribution in [0.3, 0.4) is 0 Å². The molecule has 1 fully saturated rings. The molecule has 2 unspecified atom stereocenters. The number of pyridine rings is 1. The molecule has 1 aliphatic rings. The van der Waals surface area contributed by atoms with Gasteiger partial charge in [0.25, 0.3) is 0 Å². The van der Waals surface area contributed by atoms with E-state index in [4.69, 9.17) is 0 Å². The number of nitrogens with one attached hydrogen (secondary N) is 1. The number of hydrogen-bond acceptors (Lipinski definition) is 5. The fourth-order valence-corrected chi connectivity index (χ4v) is 5.81. The van der Waals surface area contributed by atoms with Gasteiger partial charge in [0.05, 0.1) is 6.54 Å². The van der Waals surface area contributed by atoms with Gasteiger partial charge < -0.3 is 0 Å². The Labute approximate surface area is 218 Å². The van der Waals surface area contributed by atoms with Gasteiger partial charge in [-0.25, -0.2) is 4.79 Å². The first-order valence-electron chi connectivity index (χ1n) is 13.8. The van der Waals surface area contributed by atoms with E-state index in [2.05, 4.69) is 62.4 Å². The molecule has 1 aliphatic carbocycles. The molecule has 1 N–H and O–H groups in total. The maximum Gasteiger partial charge on any atom is 0.328 e. The quantitative estimate of drug-likeness (QED) is 0.293. The van der Waals surface area contributed by atoms with E-state index >= 15 is 0 Å². The zero-order valence-electron chi connectivity index (χ0n) is 21.9. The van der Waals surface area contributed by atoms with E-state index in [1.807, 2.05) is 35.2 Å². The van der Waals surface area contributed by atoms with Crippen LogP contribution in [0.1, 0.15) is 82.5 Å². The second-order valence-electron chi connectivity index (χ2n) is 10.2. The summed E-state index contributed by atoms with van der Waals surface area (Å²) < 4.78 is 4.09. The maximum atomic E-state index is 13.9. The lowest BCUT2D eigenvalue weighted by molar-refractivity contribution is 0.294. The van der Waals surface area contributed by atoms with Crippen molar-refractivity contribution in [2.45, 2.75) is 84.2 Å². The Morgan fingerprint density at radius 1 is 1.03 bits per heavy atom. The third-order valence-electron chi connectivity index (χ3n) is 7.91. The summed E-state index contributed by atoms with van der Waals surface area (Å²) in [6, 6.07) is 10.5. The molecular weight excluding hydrogens is 462 g/mol. The number of benzene rings is 1. The van der Waals surface area contributed by atoms with Gasteiger partial charge in [-0.3, -0.25) is 14.1 Å². The molecule has 8 nitrogen and oxygen atoms in total. The Morgan fingerprint density at radius 2 is 1.84 bits per heavy atom. The maximum absolute atomic E-state index is 13.9. The van der Waals surface area contributed by atoms with Crippen LogP contribution in [0.4, 0.5) is 0 Å². The summed E-state index contributed by atoms with van der Waals surface area (Å²) in [7, 11) is 0. The predicted octanol–water partition coefficient (Wildman–Crippen LogP) is 5.81. The van der Waals surface area contributed by atoms with Gasteiger partial charge in [-0.05, 0) is 59.6 Å². The number of aryl methyl sites for hydroxylation is 1. The van der Waals surface area contributed by atoms with Crippen molar-refractivity contribution in [2.75, 3.05) is 0 Å². The molecule has 0 saturated heterocycles. The van der Waals surface area contributed by atoms with Crippen molar-refractivity contribution in [1.82, 2.24) is 34.7 Å². The molecule has 3 heterocycles. The molecular formula is C29H37N7O. The van der Waals surface area contributed by atoms with E-state index in [9.17, 15) is 4.79 Å². The van der Waals surface area contributed by atoms with Gasteiger partial charge in [0.2, 0.25) is 5.82 Å². The zero-order chi connectivity index (χ0) is 25.6. The van der Waals surface area contributed by atoms with Crippen LogP contribution in [0.5, 0.6) is 0 Å². The highest BCUT2D eigenvalue weighted by Crippen LogP contribution is 2.34. The van der Waals surface area contributed by atoms with Crippen LogP contribution >= 0.6 is 0 Å². The van der Waals surface area contributed by atoms with E-state index in [1.54, 1.807) is 0 Å². The molecule has 0 spiro atoms. The monoisotopic (exact) mass is 499 g/mol. The van der Waals surface area contributed by atoms with Crippen LogP contribution in [-0.4, -0.2) is 34.7 Å². The van der Waals surface area contributed by atoms with Crippen LogP contribution in [-0.2, 0) is 13.0 Å². The Hall–Kier alpha value is -3.55. The third-order valence-corrected chi connectivity index (χ3v) is 7.91. The number of hydrogen-bond donors (Lipinski definition) is 1. The standard InChI is InChI=1S/C29H37N7O/c1-3-5-10-25-20-36(27-11-8-6-7-9-21(27)4-2)29(37)35(25)19-24-18-30-17-16-26(24)22-12-14-23(15-13-22)28-31-33-34-32-28/h12-18,20-21,27H,3-11,19H2,1-2H3,(H,31,32,33,34). The number of aromatic amines is 1. The summed E-state index contributed by atoms with van der Waals surface area (Å²) in [5, 5.41) is 14.3. The van der Waals surface area contributed by atoms with Crippen molar-refractivity contribution in [3.8, 4) is 22.5 Å².